The molecule has 0 radical (unpaired) electrons. The Labute approximate surface area is 129 Å². The predicted molar refractivity (Wildman–Crippen MR) is 85.1 cm³/mol. The average Bonchev–Trinajstić information content (AvgIpc) is 2.42. The lowest BCUT2D eigenvalue weighted by Gasteiger charge is -2.23. The number of anilines is 1. The summed E-state index contributed by atoms with van der Waals surface area (Å²) in [5.74, 6) is 1.14. The van der Waals surface area contributed by atoms with Gasteiger partial charge >= 0.3 is 0 Å². The van der Waals surface area contributed by atoms with E-state index >= 15 is 0 Å². The molecular weight excluding hydrogens is 288 g/mol. The van der Waals surface area contributed by atoms with Crippen LogP contribution in [0.4, 0.5) is 5.69 Å². The quantitative estimate of drug-likeness (QED) is 0.774. The number of thioether (sulfide) groups is 1. The summed E-state index contributed by atoms with van der Waals surface area (Å²) in [5.41, 5.74) is 0.792. The summed E-state index contributed by atoms with van der Waals surface area (Å²) in [4.78, 5) is 12.3. The zero-order valence-electron chi connectivity index (χ0n) is 12.6. The van der Waals surface area contributed by atoms with Crippen molar-refractivity contribution in [1.29, 1.82) is 0 Å². The number of fused-ring (bicyclic) bond motifs is 1. The summed E-state index contributed by atoms with van der Waals surface area (Å²) in [7, 11) is 0. The van der Waals surface area contributed by atoms with Crippen LogP contribution in [0.2, 0.25) is 0 Å². The Kier molecular flexibility index (Phi) is 5.13. The molecule has 1 heterocycles. The van der Waals surface area contributed by atoms with Crippen LogP contribution in [0.15, 0.2) is 23.1 Å². The van der Waals surface area contributed by atoms with Crippen LogP contribution in [0.1, 0.15) is 20.8 Å². The third-order valence-electron chi connectivity index (χ3n) is 2.90. The van der Waals surface area contributed by atoms with Gasteiger partial charge in [0.1, 0.15) is 18.5 Å². The summed E-state index contributed by atoms with van der Waals surface area (Å²) >= 11 is 1.49. The summed E-state index contributed by atoms with van der Waals surface area (Å²) in [6.45, 7) is 6.87. The number of β-amino-alcohol motifs (C(OH)–C–C–N with tert-alkyl or cyclic N) is 1. The van der Waals surface area contributed by atoms with Gasteiger partial charge < -0.3 is 20.5 Å². The van der Waals surface area contributed by atoms with Gasteiger partial charge in [0.2, 0.25) is 5.91 Å². The Morgan fingerprint density at radius 3 is 2.95 bits per heavy atom. The fourth-order valence-electron chi connectivity index (χ4n) is 1.82. The van der Waals surface area contributed by atoms with E-state index < -0.39 is 6.10 Å². The monoisotopic (exact) mass is 310 g/mol. The normalized spacial score (nSPS) is 16.1. The summed E-state index contributed by atoms with van der Waals surface area (Å²) in [6, 6.07) is 5.52. The molecular formula is C15H22N2O3S. The van der Waals surface area contributed by atoms with E-state index in [1.165, 1.54) is 11.8 Å². The fourth-order valence-corrected chi connectivity index (χ4v) is 2.65. The van der Waals surface area contributed by atoms with E-state index in [0.29, 0.717) is 18.0 Å². The predicted octanol–water partition coefficient (Wildman–Crippen LogP) is 1.86. The number of carbonyl (C=O) groups is 1. The standard InChI is InChI=1S/C15H22N2O3S/c1-15(2,3)16-7-10(18)8-20-11-4-5-12-13(6-11)21-9-14(19)17-12/h4-6,10,16,18H,7-9H2,1-3H3,(H,17,19). The highest BCUT2D eigenvalue weighted by atomic mass is 32.2. The third-order valence-corrected chi connectivity index (χ3v) is 3.95. The van der Waals surface area contributed by atoms with E-state index in [9.17, 15) is 9.90 Å². The second kappa shape index (κ2) is 6.68. The molecule has 21 heavy (non-hydrogen) atoms. The number of carbonyl (C=O) groups excluding carboxylic acids is 1. The highest BCUT2D eigenvalue weighted by Crippen LogP contribution is 2.34. The molecule has 1 atom stereocenters. The van der Waals surface area contributed by atoms with Gasteiger partial charge in [-0.15, -0.1) is 11.8 Å². The molecule has 3 N–H and O–H groups in total. The number of amides is 1. The van der Waals surface area contributed by atoms with Gasteiger partial charge in [0.15, 0.2) is 0 Å². The zero-order valence-corrected chi connectivity index (χ0v) is 13.4. The summed E-state index contributed by atoms with van der Waals surface area (Å²) in [5, 5.41) is 15.9. The van der Waals surface area contributed by atoms with Crippen LogP contribution < -0.4 is 15.4 Å². The molecule has 0 fully saturated rings. The Balaban J connectivity index is 1.85. The largest absolute Gasteiger partial charge is 0.491 e. The van der Waals surface area contributed by atoms with Gasteiger partial charge in [-0.25, -0.2) is 0 Å². The first-order chi connectivity index (χ1) is 9.83. The number of benzene rings is 1. The molecule has 1 aliphatic rings. The van der Waals surface area contributed by atoms with Crippen molar-refractivity contribution in [3.05, 3.63) is 18.2 Å². The SMILES string of the molecule is CC(C)(C)NCC(O)COc1ccc2c(c1)SCC(=O)N2. The van der Waals surface area contributed by atoms with Crippen molar-refractivity contribution >= 4 is 23.4 Å². The number of rotatable bonds is 5. The third kappa shape index (κ3) is 5.22. The van der Waals surface area contributed by atoms with Crippen LogP contribution in [-0.2, 0) is 4.79 Å². The van der Waals surface area contributed by atoms with Crippen molar-refractivity contribution in [2.45, 2.75) is 37.3 Å². The van der Waals surface area contributed by atoms with Crippen LogP contribution in [-0.4, -0.2) is 41.6 Å². The lowest BCUT2D eigenvalue weighted by atomic mass is 10.1. The van der Waals surface area contributed by atoms with E-state index in [4.69, 9.17) is 4.74 Å². The molecule has 6 heteroatoms. The van der Waals surface area contributed by atoms with Gasteiger partial charge in [0.25, 0.3) is 0 Å². The molecule has 0 saturated carbocycles. The first-order valence-electron chi connectivity index (χ1n) is 6.96. The van der Waals surface area contributed by atoms with Crippen LogP contribution in [0.25, 0.3) is 0 Å². The average molecular weight is 310 g/mol. The molecule has 0 aliphatic carbocycles. The summed E-state index contributed by atoms with van der Waals surface area (Å²) < 4.78 is 5.61. The Bertz CT molecular complexity index is 514. The maximum atomic E-state index is 11.3. The van der Waals surface area contributed by atoms with Crippen LogP contribution in [0.3, 0.4) is 0 Å². The van der Waals surface area contributed by atoms with Gasteiger partial charge in [-0.1, -0.05) is 0 Å². The van der Waals surface area contributed by atoms with E-state index in [2.05, 4.69) is 31.4 Å². The molecule has 1 aromatic carbocycles. The van der Waals surface area contributed by atoms with Crippen molar-refractivity contribution < 1.29 is 14.6 Å². The number of ether oxygens (including phenoxy) is 1. The minimum Gasteiger partial charge on any atom is -0.491 e. The highest BCUT2D eigenvalue weighted by molar-refractivity contribution is 8.00. The summed E-state index contributed by atoms with van der Waals surface area (Å²) in [6.07, 6.45) is -0.562. The van der Waals surface area contributed by atoms with Crippen LogP contribution in [0, 0.1) is 0 Å². The first kappa shape index (κ1) is 16.1. The second-order valence-corrected chi connectivity index (χ2v) is 7.11. The molecule has 1 unspecified atom stereocenters. The lowest BCUT2D eigenvalue weighted by Crippen LogP contribution is -2.42. The zero-order chi connectivity index (χ0) is 15.5. The van der Waals surface area contributed by atoms with Crippen LogP contribution >= 0.6 is 11.8 Å². The number of hydrogen-bond donors (Lipinski definition) is 3. The fraction of sp³-hybridized carbons (Fsp3) is 0.533. The van der Waals surface area contributed by atoms with Gasteiger partial charge in [0.05, 0.1) is 11.4 Å². The Hall–Kier alpha value is -1.24. The molecule has 1 aliphatic heterocycles. The molecule has 1 amide bonds. The van der Waals surface area contributed by atoms with Gasteiger partial charge in [0, 0.05) is 17.0 Å². The Morgan fingerprint density at radius 1 is 1.48 bits per heavy atom. The smallest absolute Gasteiger partial charge is 0.234 e. The Morgan fingerprint density at radius 2 is 2.24 bits per heavy atom. The lowest BCUT2D eigenvalue weighted by molar-refractivity contribution is -0.113. The van der Waals surface area contributed by atoms with E-state index in [0.717, 1.165) is 10.6 Å². The van der Waals surface area contributed by atoms with E-state index in [-0.39, 0.29) is 18.1 Å². The number of aliphatic hydroxyl groups excluding tert-OH is 1. The van der Waals surface area contributed by atoms with Crippen LogP contribution in [0.5, 0.6) is 5.75 Å². The van der Waals surface area contributed by atoms with Crippen molar-refractivity contribution in [2.24, 2.45) is 0 Å². The van der Waals surface area contributed by atoms with Crippen molar-refractivity contribution in [2.75, 3.05) is 24.2 Å². The molecule has 0 bridgehead atoms. The minimum absolute atomic E-state index is 0.0184. The maximum Gasteiger partial charge on any atom is 0.234 e. The number of nitrogens with one attached hydrogen (secondary N) is 2. The van der Waals surface area contributed by atoms with Crippen molar-refractivity contribution in [1.82, 2.24) is 5.32 Å². The topological polar surface area (TPSA) is 70.6 Å². The molecule has 0 aromatic heterocycles. The second-order valence-electron chi connectivity index (χ2n) is 6.09. The first-order valence-corrected chi connectivity index (χ1v) is 7.95. The van der Waals surface area contributed by atoms with Crippen molar-refractivity contribution in [3.63, 3.8) is 0 Å². The maximum absolute atomic E-state index is 11.3. The molecule has 2 rings (SSSR count). The highest BCUT2D eigenvalue weighted by Gasteiger charge is 2.16. The van der Waals surface area contributed by atoms with Gasteiger partial charge in [-0.05, 0) is 39.0 Å². The van der Waals surface area contributed by atoms with Gasteiger partial charge in [-0.2, -0.15) is 0 Å². The number of hydrogen-bond acceptors (Lipinski definition) is 5. The van der Waals surface area contributed by atoms with Crippen molar-refractivity contribution in [3.8, 4) is 5.75 Å². The number of aliphatic hydroxyl groups is 1. The molecule has 1 aromatic rings. The molecule has 0 saturated heterocycles. The molecule has 0 spiro atoms. The molecule has 5 nitrogen and oxygen atoms in total. The molecule has 116 valence electrons. The van der Waals surface area contributed by atoms with Gasteiger partial charge in [-0.3, -0.25) is 4.79 Å². The van der Waals surface area contributed by atoms with E-state index in [1.54, 1.807) is 6.07 Å². The minimum atomic E-state index is -0.562. The van der Waals surface area contributed by atoms with E-state index in [1.807, 2.05) is 12.1 Å².